The molecule has 3 N–H and O–H groups in total. The molecule has 0 saturated heterocycles. The Morgan fingerprint density at radius 1 is 1.56 bits per heavy atom. The Morgan fingerprint density at radius 3 is 2.94 bits per heavy atom. The predicted octanol–water partition coefficient (Wildman–Crippen LogP) is 3.71. The lowest BCUT2D eigenvalue weighted by Gasteiger charge is -2.40. The zero-order chi connectivity index (χ0) is 13.2. The summed E-state index contributed by atoms with van der Waals surface area (Å²) in [4.78, 5) is 4.26. The van der Waals surface area contributed by atoms with Gasteiger partial charge in [-0.3, -0.25) is 0 Å². The average Bonchev–Trinajstić information content (AvgIpc) is 2.33. The lowest BCUT2D eigenvalue weighted by atomic mass is 9.76. The van der Waals surface area contributed by atoms with E-state index in [0.717, 1.165) is 12.8 Å². The first-order valence-corrected chi connectivity index (χ1v) is 7.09. The molecular weight excluding hydrogens is 269 g/mol. The third-order valence-corrected chi connectivity index (χ3v) is 4.17. The average molecular weight is 288 g/mol. The number of hydrogen-bond donors (Lipinski definition) is 2. The molecule has 18 heavy (non-hydrogen) atoms. The smallest absolute Gasteiger partial charge is 0.145 e. The van der Waals surface area contributed by atoms with Gasteiger partial charge in [0.05, 0.1) is 15.6 Å². The number of nitrogens with one attached hydrogen (secondary N) is 1. The summed E-state index contributed by atoms with van der Waals surface area (Å²) in [6, 6.07) is 1.70. The fourth-order valence-electron chi connectivity index (χ4n) is 2.77. The molecule has 2 rings (SSSR count). The summed E-state index contributed by atoms with van der Waals surface area (Å²) in [6.07, 6.45) is 6.19. The normalized spacial score (nSPS) is 28.1. The molecule has 100 valence electrons. The SMILES string of the molecule is CC1CCCC(CN)(Nc2ncc(Cl)cc2Cl)C1. The summed E-state index contributed by atoms with van der Waals surface area (Å²) in [6.45, 7) is 2.86. The number of rotatable bonds is 3. The van der Waals surface area contributed by atoms with Crippen molar-refractivity contribution < 1.29 is 0 Å². The van der Waals surface area contributed by atoms with Gasteiger partial charge in [-0.15, -0.1) is 0 Å². The molecule has 1 heterocycles. The molecule has 1 fully saturated rings. The Labute approximate surface area is 118 Å². The van der Waals surface area contributed by atoms with Gasteiger partial charge < -0.3 is 11.1 Å². The van der Waals surface area contributed by atoms with Crippen LogP contribution >= 0.6 is 23.2 Å². The van der Waals surface area contributed by atoms with Gasteiger partial charge in [0.1, 0.15) is 5.82 Å². The Morgan fingerprint density at radius 2 is 2.33 bits per heavy atom. The van der Waals surface area contributed by atoms with Gasteiger partial charge in [-0.1, -0.05) is 43.0 Å². The highest BCUT2D eigenvalue weighted by Crippen LogP contribution is 2.35. The number of hydrogen-bond acceptors (Lipinski definition) is 3. The number of anilines is 1. The summed E-state index contributed by atoms with van der Waals surface area (Å²) in [5.74, 6) is 1.36. The second-order valence-corrected chi connectivity index (χ2v) is 6.14. The molecule has 0 aliphatic heterocycles. The Kier molecular flexibility index (Phi) is 4.36. The van der Waals surface area contributed by atoms with E-state index < -0.39 is 0 Å². The summed E-state index contributed by atoms with van der Waals surface area (Å²) < 4.78 is 0. The zero-order valence-corrected chi connectivity index (χ0v) is 12.1. The number of nitrogens with two attached hydrogens (primary N) is 1. The number of pyridine rings is 1. The molecule has 0 radical (unpaired) electrons. The quantitative estimate of drug-likeness (QED) is 0.891. The fourth-order valence-corrected chi connectivity index (χ4v) is 3.20. The van der Waals surface area contributed by atoms with Crippen molar-refractivity contribution in [2.24, 2.45) is 11.7 Å². The number of nitrogens with zero attached hydrogens (tertiary/aromatic N) is 1. The molecule has 5 heteroatoms. The van der Waals surface area contributed by atoms with E-state index in [1.165, 1.54) is 12.8 Å². The van der Waals surface area contributed by atoms with Gasteiger partial charge >= 0.3 is 0 Å². The highest BCUT2D eigenvalue weighted by atomic mass is 35.5. The Hall–Kier alpha value is -0.510. The van der Waals surface area contributed by atoms with Gasteiger partial charge in [0.25, 0.3) is 0 Å². The van der Waals surface area contributed by atoms with E-state index in [4.69, 9.17) is 28.9 Å². The van der Waals surface area contributed by atoms with Gasteiger partial charge in [0, 0.05) is 12.7 Å². The second-order valence-electron chi connectivity index (χ2n) is 5.29. The minimum absolute atomic E-state index is 0.0812. The standard InChI is InChI=1S/C13H19Cl2N3/c1-9-3-2-4-13(6-9,8-16)18-12-11(15)5-10(14)7-17-12/h5,7,9H,2-4,6,8,16H2,1H3,(H,17,18). The third kappa shape index (κ3) is 3.08. The summed E-state index contributed by atoms with van der Waals surface area (Å²) in [7, 11) is 0. The van der Waals surface area contributed by atoms with Crippen molar-refractivity contribution in [3.8, 4) is 0 Å². The van der Waals surface area contributed by atoms with Crippen LogP contribution in [0.15, 0.2) is 12.3 Å². The lowest BCUT2D eigenvalue weighted by molar-refractivity contribution is 0.263. The van der Waals surface area contributed by atoms with Crippen molar-refractivity contribution in [1.29, 1.82) is 0 Å². The van der Waals surface area contributed by atoms with Crippen LogP contribution in [0.4, 0.5) is 5.82 Å². The first kappa shape index (κ1) is 13.9. The van der Waals surface area contributed by atoms with Gasteiger partial charge in [-0.05, 0) is 24.8 Å². The summed E-state index contributed by atoms with van der Waals surface area (Å²) in [5, 5.41) is 4.54. The first-order chi connectivity index (χ1) is 8.54. The topological polar surface area (TPSA) is 50.9 Å². The van der Waals surface area contributed by atoms with Crippen molar-refractivity contribution in [2.75, 3.05) is 11.9 Å². The highest BCUT2D eigenvalue weighted by Gasteiger charge is 2.34. The maximum Gasteiger partial charge on any atom is 0.145 e. The first-order valence-electron chi connectivity index (χ1n) is 6.34. The fraction of sp³-hybridized carbons (Fsp3) is 0.615. The largest absolute Gasteiger partial charge is 0.362 e. The molecule has 1 aromatic rings. The summed E-state index contributed by atoms with van der Waals surface area (Å²) >= 11 is 12.0. The van der Waals surface area contributed by atoms with E-state index >= 15 is 0 Å². The number of aromatic nitrogens is 1. The van der Waals surface area contributed by atoms with Crippen LogP contribution in [0.5, 0.6) is 0 Å². The zero-order valence-electron chi connectivity index (χ0n) is 10.5. The van der Waals surface area contributed by atoms with Crippen molar-refractivity contribution >= 4 is 29.0 Å². The minimum Gasteiger partial charge on any atom is -0.362 e. The molecular formula is C13H19Cl2N3. The van der Waals surface area contributed by atoms with Crippen LogP contribution in [0.3, 0.4) is 0 Å². The van der Waals surface area contributed by atoms with E-state index in [1.807, 2.05) is 0 Å². The molecule has 1 saturated carbocycles. The molecule has 1 aromatic heterocycles. The van der Waals surface area contributed by atoms with E-state index in [0.29, 0.717) is 28.3 Å². The minimum atomic E-state index is -0.0812. The molecule has 0 amide bonds. The lowest BCUT2D eigenvalue weighted by Crippen LogP contribution is -2.49. The molecule has 0 aromatic carbocycles. The van der Waals surface area contributed by atoms with E-state index in [1.54, 1.807) is 12.3 Å². The molecule has 3 nitrogen and oxygen atoms in total. The van der Waals surface area contributed by atoms with Crippen molar-refractivity contribution in [3.63, 3.8) is 0 Å². The Bertz CT molecular complexity index is 425. The molecule has 1 aliphatic rings. The van der Waals surface area contributed by atoms with Crippen molar-refractivity contribution in [1.82, 2.24) is 4.98 Å². The van der Waals surface area contributed by atoms with Crippen LogP contribution in [0.25, 0.3) is 0 Å². The van der Waals surface area contributed by atoms with Crippen LogP contribution in [-0.4, -0.2) is 17.1 Å². The van der Waals surface area contributed by atoms with E-state index in [9.17, 15) is 0 Å². The van der Waals surface area contributed by atoms with Gasteiger partial charge in [0.2, 0.25) is 0 Å². The van der Waals surface area contributed by atoms with Crippen LogP contribution in [0, 0.1) is 5.92 Å². The third-order valence-electron chi connectivity index (χ3n) is 3.67. The van der Waals surface area contributed by atoms with Crippen LogP contribution in [0.2, 0.25) is 10.0 Å². The van der Waals surface area contributed by atoms with Crippen molar-refractivity contribution in [2.45, 2.75) is 38.1 Å². The maximum absolute atomic E-state index is 6.15. The molecule has 1 aliphatic carbocycles. The van der Waals surface area contributed by atoms with Crippen LogP contribution in [0.1, 0.15) is 32.6 Å². The predicted molar refractivity (Wildman–Crippen MR) is 77.3 cm³/mol. The van der Waals surface area contributed by atoms with Gasteiger partial charge in [0.15, 0.2) is 0 Å². The van der Waals surface area contributed by atoms with Crippen molar-refractivity contribution in [3.05, 3.63) is 22.3 Å². The molecule has 2 unspecified atom stereocenters. The molecule has 0 spiro atoms. The number of halogens is 2. The maximum atomic E-state index is 6.15. The van der Waals surface area contributed by atoms with Gasteiger partial charge in [-0.2, -0.15) is 0 Å². The van der Waals surface area contributed by atoms with Crippen LogP contribution in [-0.2, 0) is 0 Å². The van der Waals surface area contributed by atoms with Crippen LogP contribution < -0.4 is 11.1 Å². The Balaban J connectivity index is 2.19. The van der Waals surface area contributed by atoms with Gasteiger partial charge in [-0.25, -0.2) is 4.98 Å². The molecule has 0 bridgehead atoms. The second kappa shape index (κ2) is 5.64. The highest BCUT2D eigenvalue weighted by molar-refractivity contribution is 6.35. The van der Waals surface area contributed by atoms with E-state index in [-0.39, 0.29) is 5.54 Å². The summed E-state index contributed by atoms with van der Waals surface area (Å²) in [5.41, 5.74) is 5.89. The van der Waals surface area contributed by atoms with E-state index in [2.05, 4.69) is 17.2 Å². The molecule has 2 atom stereocenters. The monoisotopic (exact) mass is 287 g/mol.